The summed E-state index contributed by atoms with van der Waals surface area (Å²) in [4.78, 5) is 2.22. The maximum Gasteiger partial charge on any atom is 0.123 e. The summed E-state index contributed by atoms with van der Waals surface area (Å²) in [7, 11) is 2.08. The van der Waals surface area contributed by atoms with Gasteiger partial charge in [0.2, 0.25) is 0 Å². The molecule has 104 valence electrons. The van der Waals surface area contributed by atoms with Gasteiger partial charge < -0.3 is 4.90 Å². The van der Waals surface area contributed by atoms with Crippen LogP contribution in [0.1, 0.15) is 18.4 Å². The Hall–Kier alpha value is -2.09. The van der Waals surface area contributed by atoms with Crippen LogP contribution < -0.4 is 4.90 Å². The second kappa shape index (κ2) is 6.90. The van der Waals surface area contributed by atoms with Crippen molar-refractivity contribution < 1.29 is 4.39 Å². The van der Waals surface area contributed by atoms with Gasteiger partial charge >= 0.3 is 0 Å². The van der Waals surface area contributed by atoms with Gasteiger partial charge in [-0.1, -0.05) is 42.5 Å². The summed E-state index contributed by atoms with van der Waals surface area (Å²) in [6.07, 6.45) is 4.21. The highest BCUT2D eigenvalue weighted by atomic mass is 19.1. The summed E-state index contributed by atoms with van der Waals surface area (Å²) in [6, 6.07) is 17.0. The number of halogens is 1. The molecule has 0 radical (unpaired) electrons. The standard InChI is InChI=1S/C18H20FN/c1-3-7-16(15-10-12-17(19)13-11-15)14-20(2)18-8-5-4-6-9-18/h3-13,16H,14H2,1-2H3/b7-3+/t16-/m0/s1. The number of nitrogens with zero attached hydrogens (tertiary/aromatic N) is 1. The van der Waals surface area contributed by atoms with Crippen LogP contribution in [-0.2, 0) is 0 Å². The Morgan fingerprint density at radius 2 is 1.70 bits per heavy atom. The lowest BCUT2D eigenvalue weighted by atomic mass is 9.98. The van der Waals surface area contributed by atoms with E-state index in [1.165, 1.54) is 17.8 Å². The molecule has 0 unspecified atom stereocenters. The van der Waals surface area contributed by atoms with E-state index < -0.39 is 0 Å². The van der Waals surface area contributed by atoms with Crippen molar-refractivity contribution in [1.82, 2.24) is 0 Å². The third kappa shape index (κ3) is 3.70. The molecule has 0 spiro atoms. The number of benzene rings is 2. The first kappa shape index (κ1) is 14.3. The van der Waals surface area contributed by atoms with Gasteiger partial charge in [0.05, 0.1) is 0 Å². The van der Waals surface area contributed by atoms with Crippen LogP contribution in [0, 0.1) is 5.82 Å². The van der Waals surface area contributed by atoms with Crippen LogP contribution in [0.2, 0.25) is 0 Å². The summed E-state index contributed by atoms with van der Waals surface area (Å²) in [6.45, 7) is 2.87. The van der Waals surface area contributed by atoms with Crippen LogP contribution in [0.15, 0.2) is 66.7 Å². The number of allylic oxidation sites excluding steroid dienone is 1. The summed E-state index contributed by atoms with van der Waals surface area (Å²) >= 11 is 0. The van der Waals surface area contributed by atoms with Gasteiger partial charge in [-0.3, -0.25) is 0 Å². The van der Waals surface area contributed by atoms with E-state index in [1.54, 1.807) is 0 Å². The fourth-order valence-corrected chi connectivity index (χ4v) is 2.30. The zero-order valence-corrected chi connectivity index (χ0v) is 12.0. The predicted molar refractivity (Wildman–Crippen MR) is 83.7 cm³/mol. The summed E-state index contributed by atoms with van der Waals surface area (Å²) in [5.74, 6) is 0.0650. The molecule has 20 heavy (non-hydrogen) atoms. The van der Waals surface area contributed by atoms with Crippen molar-refractivity contribution in [2.24, 2.45) is 0 Å². The van der Waals surface area contributed by atoms with E-state index >= 15 is 0 Å². The smallest absolute Gasteiger partial charge is 0.123 e. The molecule has 2 aromatic carbocycles. The molecule has 0 heterocycles. The summed E-state index contributed by atoms with van der Waals surface area (Å²) in [5, 5.41) is 0. The molecule has 0 amide bonds. The number of hydrogen-bond donors (Lipinski definition) is 0. The highest BCUT2D eigenvalue weighted by Gasteiger charge is 2.11. The van der Waals surface area contributed by atoms with Gasteiger partial charge in [-0.25, -0.2) is 4.39 Å². The predicted octanol–water partition coefficient (Wildman–Crippen LogP) is 4.62. The van der Waals surface area contributed by atoms with Crippen molar-refractivity contribution in [2.75, 3.05) is 18.5 Å². The number of hydrogen-bond acceptors (Lipinski definition) is 1. The van der Waals surface area contributed by atoms with Crippen molar-refractivity contribution in [1.29, 1.82) is 0 Å². The molecule has 0 saturated heterocycles. The van der Waals surface area contributed by atoms with E-state index in [0.717, 1.165) is 12.1 Å². The molecule has 0 saturated carbocycles. The largest absolute Gasteiger partial charge is 0.374 e. The Kier molecular flexibility index (Phi) is 4.94. The van der Waals surface area contributed by atoms with Crippen LogP contribution in [0.3, 0.4) is 0 Å². The Balaban J connectivity index is 2.15. The van der Waals surface area contributed by atoms with Crippen molar-refractivity contribution in [2.45, 2.75) is 12.8 Å². The van der Waals surface area contributed by atoms with E-state index in [2.05, 4.69) is 30.2 Å². The topological polar surface area (TPSA) is 3.24 Å². The molecule has 1 nitrogen and oxygen atoms in total. The first-order valence-corrected chi connectivity index (χ1v) is 6.85. The van der Waals surface area contributed by atoms with E-state index in [0.29, 0.717) is 0 Å². The molecule has 1 atom stereocenters. The number of para-hydroxylation sites is 1. The SMILES string of the molecule is C/C=C/[C@@H](CN(C)c1ccccc1)c1ccc(F)cc1. The van der Waals surface area contributed by atoms with Crippen molar-refractivity contribution in [3.8, 4) is 0 Å². The third-order valence-electron chi connectivity index (χ3n) is 3.39. The minimum absolute atomic E-state index is 0.190. The van der Waals surface area contributed by atoms with Gasteiger partial charge in [0.15, 0.2) is 0 Å². The van der Waals surface area contributed by atoms with Gasteiger partial charge in [0.1, 0.15) is 5.82 Å². The van der Waals surface area contributed by atoms with Crippen molar-refractivity contribution in [3.63, 3.8) is 0 Å². The molecule has 0 aromatic heterocycles. The maximum absolute atomic E-state index is 13.0. The van der Waals surface area contributed by atoms with Crippen LogP contribution in [0.5, 0.6) is 0 Å². The lowest BCUT2D eigenvalue weighted by Crippen LogP contribution is -2.23. The number of likely N-dealkylation sites (N-methyl/N-ethyl adjacent to an activating group) is 1. The Bertz CT molecular complexity index is 545. The minimum atomic E-state index is -0.190. The van der Waals surface area contributed by atoms with Crippen LogP contribution in [0.25, 0.3) is 0 Å². The molecule has 2 aromatic rings. The molecular formula is C18H20FN. The lowest BCUT2D eigenvalue weighted by molar-refractivity contribution is 0.626. The third-order valence-corrected chi connectivity index (χ3v) is 3.39. The van der Waals surface area contributed by atoms with Crippen molar-refractivity contribution >= 4 is 5.69 Å². The van der Waals surface area contributed by atoms with Crippen LogP contribution in [-0.4, -0.2) is 13.6 Å². The quantitative estimate of drug-likeness (QED) is 0.716. The Labute approximate surface area is 120 Å². The highest BCUT2D eigenvalue weighted by molar-refractivity contribution is 5.46. The van der Waals surface area contributed by atoms with E-state index in [9.17, 15) is 4.39 Å². The van der Waals surface area contributed by atoms with Gasteiger partial charge in [0, 0.05) is 25.2 Å². The van der Waals surface area contributed by atoms with E-state index in [-0.39, 0.29) is 11.7 Å². The van der Waals surface area contributed by atoms with Crippen LogP contribution >= 0.6 is 0 Å². The van der Waals surface area contributed by atoms with Gasteiger partial charge in [-0.15, -0.1) is 0 Å². The van der Waals surface area contributed by atoms with Gasteiger partial charge in [0.25, 0.3) is 0 Å². The second-order valence-electron chi connectivity index (χ2n) is 4.90. The monoisotopic (exact) mass is 269 g/mol. The fraction of sp³-hybridized carbons (Fsp3) is 0.222. The Morgan fingerprint density at radius 1 is 1.05 bits per heavy atom. The zero-order chi connectivity index (χ0) is 14.4. The molecule has 2 heteroatoms. The minimum Gasteiger partial charge on any atom is -0.374 e. The second-order valence-corrected chi connectivity index (χ2v) is 4.90. The molecular weight excluding hydrogens is 249 g/mol. The van der Waals surface area contributed by atoms with E-state index in [1.807, 2.05) is 43.3 Å². The molecule has 2 rings (SSSR count). The number of anilines is 1. The molecule has 0 fully saturated rings. The summed E-state index contributed by atoms with van der Waals surface area (Å²) < 4.78 is 13.0. The molecule has 0 N–H and O–H groups in total. The Morgan fingerprint density at radius 3 is 2.30 bits per heavy atom. The van der Waals surface area contributed by atoms with Crippen molar-refractivity contribution in [3.05, 3.63) is 78.1 Å². The van der Waals surface area contributed by atoms with Gasteiger partial charge in [-0.05, 0) is 36.8 Å². The fourth-order valence-electron chi connectivity index (χ4n) is 2.30. The summed E-state index contributed by atoms with van der Waals surface area (Å²) in [5.41, 5.74) is 2.32. The first-order chi connectivity index (χ1) is 9.70. The highest BCUT2D eigenvalue weighted by Crippen LogP contribution is 2.22. The molecule has 0 aliphatic heterocycles. The number of rotatable bonds is 5. The molecule has 0 bridgehead atoms. The average Bonchev–Trinajstić information content (AvgIpc) is 2.48. The first-order valence-electron chi connectivity index (χ1n) is 6.85. The maximum atomic E-state index is 13.0. The zero-order valence-electron chi connectivity index (χ0n) is 12.0. The molecule has 0 aliphatic carbocycles. The molecule has 0 aliphatic rings. The van der Waals surface area contributed by atoms with Crippen LogP contribution in [0.4, 0.5) is 10.1 Å². The average molecular weight is 269 g/mol. The normalized spacial score (nSPS) is 12.6. The lowest BCUT2D eigenvalue weighted by Gasteiger charge is -2.24. The van der Waals surface area contributed by atoms with E-state index in [4.69, 9.17) is 0 Å². The van der Waals surface area contributed by atoms with Gasteiger partial charge in [-0.2, -0.15) is 0 Å².